The molecule has 2 heterocycles. The first-order chi connectivity index (χ1) is 15.2. The molecule has 3 aromatic rings. The van der Waals surface area contributed by atoms with Crippen molar-refractivity contribution in [3.05, 3.63) is 76.7 Å². The Morgan fingerprint density at radius 3 is 2.59 bits per heavy atom. The van der Waals surface area contributed by atoms with Gasteiger partial charge in [0.25, 0.3) is 5.91 Å². The average Bonchev–Trinajstić information content (AvgIpc) is 3.28. The number of rotatable bonds is 4. The number of carbonyl (C=O) groups excluding carboxylic acids is 2. The number of carbonyl (C=O) groups is 2. The lowest BCUT2D eigenvalue weighted by Crippen LogP contribution is -2.33. The minimum absolute atomic E-state index is 0.0284. The molecule has 0 saturated carbocycles. The van der Waals surface area contributed by atoms with Gasteiger partial charge in [0, 0.05) is 10.7 Å². The summed E-state index contributed by atoms with van der Waals surface area (Å²) in [5, 5.41) is 5.19. The molecule has 0 radical (unpaired) electrons. The summed E-state index contributed by atoms with van der Waals surface area (Å²) in [5.41, 5.74) is -0.714. The highest BCUT2D eigenvalue weighted by molar-refractivity contribution is 6.30. The van der Waals surface area contributed by atoms with Gasteiger partial charge in [-0.15, -0.1) is 0 Å². The number of ether oxygens (including phenoxy) is 1. The van der Waals surface area contributed by atoms with E-state index in [1.54, 1.807) is 18.2 Å². The van der Waals surface area contributed by atoms with Gasteiger partial charge in [0.1, 0.15) is 18.6 Å². The van der Waals surface area contributed by atoms with Crippen LogP contribution >= 0.6 is 11.6 Å². The maximum atomic E-state index is 13.7. The molecule has 1 aliphatic heterocycles. The Balaban J connectivity index is 1.52. The molecule has 0 bridgehead atoms. The van der Waals surface area contributed by atoms with Gasteiger partial charge >= 0.3 is 6.18 Å². The number of alkyl halides is 3. The molecule has 0 spiro atoms. The quantitative estimate of drug-likeness (QED) is 0.542. The Labute approximate surface area is 185 Å². The molecule has 166 valence electrons. The molecule has 1 atom stereocenters. The molecule has 4 rings (SSSR count). The number of fused-ring (bicyclic) bond motifs is 1. The number of amides is 2. The third-order valence-corrected chi connectivity index (χ3v) is 5.16. The Morgan fingerprint density at radius 2 is 1.88 bits per heavy atom. The first-order valence-electron chi connectivity index (χ1n) is 9.47. The Bertz CT molecular complexity index is 1160. The van der Waals surface area contributed by atoms with E-state index in [0.29, 0.717) is 16.3 Å². The lowest BCUT2D eigenvalue weighted by molar-refractivity contribution is -0.137. The first-order valence-corrected chi connectivity index (χ1v) is 9.85. The predicted octanol–water partition coefficient (Wildman–Crippen LogP) is 5.39. The van der Waals surface area contributed by atoms with Gasteiger partial charge in [0.2, 0.25) is 5.91 Å². The molecular weight excluding hydrogens is 449 g/mol. The van der Waals surface area contributed by atoms with E-state index in [4.69, 9.17) is 20.8 Å². The van der Waals surface area contributed by atoms with Crippen LogP contribution in [0, 0.1) is 5.92 Å². The number of benzene rings is 2. The van der Waals surface area contributed by atoms with Gasteiger partial charge in [-0.1, -0.05) is 11.6 Å². The number of hydrogen-bond acceptors (Lipinski definition) is 4. The van der Waals surface area contributed by atoms with Gasteiger partial charge in [0.15, 0.2) is 0 Å². The zero-order valence-corrected chi connectivity index (χ0v) is 17.1. The maximum Gasteiger partial charge on any atom is 0.418 e. The Hall–Kier alpha value is -3.46. The molecule has 1 aliphatic rings. The van der Waals surface area contributed by atoms with Gasteiger partial charge in [0.05, 0.1) is 29.0 Å². The monoisotopic (exact) mass is 464 g/mol. The molecule has 2 N–H and O–H groups in total. The summed E-state index contributed by atoms with van der Waals surface area (Å²) in [7, 11) is 0. The van der Waals surface area contributed by atoms with Crippen molar-refractivity contribution in [2.75, 3.05) is 17.2 Å². The lowest BCUT2D eigenvalue weighted by Gasteiger charge is -2.25. The van der Waals surface area contributed by atoms with E-state index in [1.165, 1.54) is 24.7 Å². The zero-order valence-electron chi connectivity index (χ0n) is 16.3. The van der Waals surface area contributed by atoms with Crippen LogP contribution in [-0.4, -0.2) is 18.4 Å². The SMILES string of the molecule is O=C(Nc1ccc(NC(=O)C2COc3ccc(Cl)cc3C2)c(C(F)(F)F)c1)c1ccoc1. The summed E-state index contributed by atoms with van der Waals surface area (Å²) in [6.07, 6.45) is -2.04. The molecule has 2 aromatic carbocycles. The summed E-state index contributed by atoms with van der Waals surface area (Å²) in [5.74, 6) is -1.34. The Kier molecular flexibility index (Phi) is 5.84. The minimum atomic E-state index is -4.76. The summed E-state index contributed by atoms with van der Waals surface area (Å²) < 4.78 is 51.3. The fourth-order valence-corrected chi connectivity index (χ4v) is 3.52. The summed E-state index contributed by atoms with van der Waals surface area (Å²) in [6.45, 7) is 0.0284. The van der Waals surface area contributed by atoms with Crippen molar-refractivity contribution in [3.8, 4) is 5.75 Å². The number of nitrogens with one attached hydrogen (secondary N) is 2. The van der Waals surface area contributed by atoms with Crippen molar-refractivity contribution in [2.45, 2.75) is 12.6 Å². The molecule has 2 amide bonds. The van der Waals surface area contributed by atoms with Crippen LogP contribution in [0.1, 0.15) is 21.5 Å². The van der Waals surface area contributed by atoms with Crippen molar-refractivity contribution in [1.29, 1.82) is 0 Å². The van der Waals surface area contributed by atoms with Gasteiger partial charge in [-0.3, -0.25) is 9.59 Å². The smallest absolute Gasteiger partial charge is 0.418 e. The standard InChI is InChI=1S/C22H16ClF3N2O4/c23-15-1-4-19-13(8-15)7-14(11-32-19)21(30)28-18-3-2-16(9-17(18)22(24,25)26)27-20(29)12-5-6-31-10-12/h1-6,8-10,14H,7,11H2,(H,27,29)(H,28,30). The second kappa shape index (κ2) is 8.58. The van der Waals surface area contributed by atoms with E-state index in [2.05, 4.69) is 10.6 Å². The maximum absolute atomic E-state index is 13.7. The van der Waals surface area contributed by atoms with Crippen LogP contribution < -0.4 is 15.4 Å². The summed E-state index contributed by atoms with van der Waals surface area (Å²) in [6, 6.07) is 9.52. The van der Waals surface area contributed by atoms with Crippen LogP contribution in [0.3, 0.4) is 0 Å². The van der Waals surface area contributed by atoms with E-state index in [-0.39, 0.29) is 24.3 Å². The lowest BCUT2D eigenvalue weighted by atomic mass is 9.95. The third kappa shape index (κ3) is 4.72. The molecule has 6 nitrogen and oxygen atoms in total. The van der Waals surface area contributed by atoms with E-state index in [1.807, 2.05) is 0 Å². The van der Waals surface area contributed by atoms with Crippen molar-refractivity contribution < 1.29 is 31.9 Å². The molecule has 10 heteroatoms. The second-order valence-electron chi connectivity index (χ2n) is 7.18. The number of halogens is 4. The van der Waals surface area contributed by atoms with Crippen molar-refractivity contribution >= 4 is 34.8 Å². The molecular formula is C22H16ClF3N2O4. The van der Waals surface area contributed by atoms with E-state index < -0.39 is 35.2 Å². The average molecular weight is 465 g/mol. The number of hydrogen-bond donors (Lipinski definition) is 2. The van der Waals surface area contributed by atoms with Crippen LogP contribution in [0.2, 0.25) is 5.02 Å². The normalized spacial score (nSPS) is 15.4. The number of furan rings is 1. The molecule has 32 heavy (non-hydrogen) atoms. The Morgan fingerprint density at radius 1 is 1.06 bits per heavy atom. The summed E-state index contributed by atoms with van der Waals surface area (Å²) in [4.78, 5) is 24.8. The second-order valence-corrected chi connectivity index (χ2v) is 7.61. The number of anilines is 2. The fourth-order valence-electron chi connectivity index (χ4n) is 3.33. The molecule has 1 aromatic heterocycles. The van der Waals surface area contributed by atoms with Crippen molar-refractivity contribution in [2.24, 2.45) is 5.92 Å². The van der Waals surface area contributed by atoms with Crippen LogP contribution in [-0.2, 0) is 17.4 Å². The van der Waals surface area contributed by atoms with E-state index >= 15 is 0 Å². The van der Waals surface area contributed by atoms with Crippen molar-refractivity contribution in [1.82, 2.24) is 0 Å². The zero-order chi connectivity index (χ0) is 22.9. The highest BCUT2D eigenvalue weighted by Crippen LogP contribution is 2.37. The van der Waals surface area contributed by atoms with E-state index in [0.717, 1.165) is 12.1 Å². The van der Waals surface area contributed by atoms with Gasteiger partial charge in [-0.05, 0) is 54.4 Å². The van der Waals surface area contributed by atoms with Crippen LogP contribution in [0.5, 0.6) is 5.75 Å². The van der Waals surface area contributed by atoms with Crippen LogP contribution in [0.25, 0.3) is 0 Å². The molecule has 0 fully saturated rings. The fraction of sp³-hybridized carbons (Fsp3) is 0.182. The highest BCUT2D eigenvalue weighted by Gasteiger charge is 2.35. The molecule has 0 aliphatic carbocycles. The molecule has 1 unspecified atom stereocenters. The van der Waals surface area contributed by atoms with Crippen molar-refractivity contribution in [3.63, 3.8) is 0 Å². The van der Waals surface area contributed by atoms with Gasteiger partial charge in [-0.25, -0.2) is 0 Å². The predicted molar refractivity (Wildman–Crippen MR) is 111 cm³/mol. The molecule has 0 saturated heterocycles. The van der Waals surface area contributed by atoms with Gasteiger partial charge in [-0.2, -0.15) is 13.2 Å². The highest BCUT2D eigenvalue weighted by atomic mass is 35.5. The first kappa shape index (κ1) is 21.8. The topological polar surface area (TPSA) is 80.6 Å². The third-order valence-electron chi connectivity index (χ3n) is 4.92. The largest absolute Gasteiger partial charge is 0.492 e. The minimum Gasteiger partial charge on any atom is -0.492 e. The van der Waals surface area contributed by atoms with E-state index in [9.17, 15) is 22.8 Å². The van der Waals surface area contributed by atoms with Crippen LogP contribution in [0.15, 0.2) is 59.4 Å². The van der Waals surface area contributed by atoms with Crippen LogP contribution in [0.4, 0.5) is 24.5 Å². The van der Waals surface area contributed by atoms with Gasteiger partial charge < -0.3 is 19.8 Å². The summed E-state index contributed by atoms with van der Waals surface area (Å²) >= 11 is 5.97.